The lowest BCUT2D eigenvalue weighted by molar-refractivity contribution is 0.549. The van der Waals surface area contributed by atoms with Crippen LogP contribution in [0.5, 0.6) is 0 Å². The van der Waals surface area contributed by atoms with E-state index in [9.17, 15) is 0 Å². The Morgan fingerprint density at radius 2 is 1.95 bits per heavy atom. The molecular formula is C15H23N3S. The van der Waals surface area contributed by atoms with Gasteiger partial charge in [0.2, 0.25) is 0 Å². The van der Waals surface area contributed by atoms with Gasteiger partial charge in [0.05, 0.1) is 5.56 Å². The van der Waals surface area contributed by atoms with Crippen LogP contribution in [0.1, 0.15) is 49.7 Å². The summed E-state index contributed by atoms with van der Waals surface area (Å²) >= 11 is 5.20. The van der Waals surface area contributed by atoms with Crippen molar-refractivity contribution < 1.29 is 0 Å². The van der Waals surface area contributed by atoms with E-state index in [1.54, 1.807) is 0 Å². The van der Waals surface area contributed by atoms with Gasteiger partial charge in [-0.15, -0.1) is 0 Å². The maximum atomic E-state index is 5.88. The summed E-state index contributed by atoms with van der Waals surface area (Å²) in [5.41, 5.74) is 7.92. The highest BCUT2D eigenvalue weighted by molar-refractivity contribution is 7.80. The van der Waals surface area contributed by atoms with Crippen LogP contribution in [0.2, 0.25) is 0 Å². The molecule has 104 valence electrons. The molecular weight excluding hydrogens is 254 g/mol. The molecule has 0 aliphatic heterocycles. The zero-order chi connectivity index (χ0) is 13.8. The lowest BCUT2D eigenvalue weighted by Crippen LogP contribution is -2.34. The summed E-state index contributed by atoms with van der Waals surface area (Å²) in [6, 6.07) is 2.53. The van der Waals surface area contributed by atoms with Crippen LogP contribution >= 0.6 is 12.2 Å². The lowest BCUT2D eigenvalue weighted by Gasteiger charge is -2.30. The monoisotopic (exact) mass is 277 g/mol. The Morgan fingerprint density at radius 1 is 1.32 bits per heavy atom. The third-order valence-corrected chi connectivity index (χ3v) is 4.30. The summed E-state index contributed by atoms with van der Waals surface area (Å²) in [7, 11) is 2.12. The molecule has 1 aromatic heterocycles. The number of hydrogen-bond acceptors (Lipinski definition) is 3. The van der Waals surface area contributed by atoms with Gasteiger partial charge in [-0.05, 0) is 31.4 Å². The molecule has 0 amide bonds. The van der Waals surface area contributed by atoms with Crippen molar-refractivity contribution in [3.05, 3.63) is 23.4 Å². The molecule has 1 aromatic rings. The number of nitrogens with two attached hydrogens (primary N) is 1. The van der Waals surface area contributed by atoms with Gasteiger partial charge in [-0.1, -0.05) is 37.9 Å². The molecule has 1 heterocycles. The minimum Gasteiger partial charge on any atom is -0.389 e. The molecule has 2 rings (SSSR count). The predicted molar refractivity (Wildman–Crippen MR) is 84.8 cm³/mol. The van der Waals surface area contributed by atoms with Gasteiger partial charge in [0.25, 0.3) is 0 Å². The van der Waals surface area contributed by atoms with Gasteiger partial charge in [-0.25, -0.2) is 4.98 Å². The van der Waals surface area contributed by atoms with Crippen LogP contribution in [0.25, 0.3) is 0 Å². The topological polar surface area (TPSA) is 42.2 Å². The number of pyridine rings is 1. The number of nitrogens with zero attached hydrogens (tertiary/aromatic N) is 2. The molecule has 0 unspecified atom stereocenters. The number of thiocarbonyl (C=S) groups is 1. The van der Waals surface area contributed by atoms with Crippen LogP contribution in [0, 0.1) is 6.92 Å². The van der Waals surface area contributed by atoms with Crippen LogP contribution in [0.15, 0.2) is 12.3 Å². The van der Waals surface area contributed by atoms with Crippen LogP contribution in [-0.2, 0) is 0 Å². The molecule has 0 bridgehead atoms. The average Bonchev–Trinajstić information content (AvgIpc) is 2.66. The summed E-state index contributed by atoms with van der Waals surface area (Å²) in [6.45, 7) is 2.04. The van der Waals surface area contributed by atoms with Crippen molar-refractivity contribution in [3.63, 3.8) is 0 Å². The predicted octanol–water partition coefficient (Wildman–Crippen LogP) is 3.18. The SMILES string of the molecule is Cc1ccnc(N(C)C2CCCCCC2)c1C(N)=S. The zero-order valence-electron chi connectivity index (χ0n) is 11.9. The maximum absolute atomic E-state index is 5.88. The standard InChI is InChI=1S/C15H23N3S/c1-11-9-10-17-15(13(11)14(16)19)18(2)12-7-5-3-4-6-8-12/h9-10,12H,3-8H2,1-2H3,(H2,16,19). The first-order valence-electron chi connectivity index (χ1n) is 7.09. The first-order chi connectivity index (χ1) is 9.11. The molecule has 1 saturated carbocycles. The molecule has 0 saturated heterocycles. The minimum absolute atomic E-state index is 0.445. The van der Waals surface area contributed by atoms with Gasteiger partial charge in [0.1, 0.15) is 10.8 Å². The number of rotatable bonds is 3. The Balaban J connectivity index is 2.29. The first kappa shape index (κ1) is 14.3. The van der Waals surface area contributed by atoms with Gasteiger partial charge < -0.3 is 10.6 Å². The van der Waals surface area contributed by atoms with E-state index < -0.39 is 0 Å². The molecule has 3 nitrogen and oxygen atoms in total. The Labute approximate surface area is 121 Å². The van der Waals surface area contributed by atoms with Gasteiger partial charge in [0, 0.05) is 19.3 Å². The second kappa shape index (κ2) is 6.33. The summed E-state index contributed by atoms with van der Waals surface area (Å²) < 4.78 is 0. The van der Waals surface area contributed by atoms with Crippen molar-refractivity contribution in [3.8, 4) is 0 Å². The molecule has 0 aromatic carbocycles. The molecule has 0 spiro atoms. The number of aromatic nitrogens is 1. The number of aryl methyl sites for hydroxylation is 1. The van der Waals surface area contributed by atoms with Crippen molar-refractivity contribution in [2.75, 3.05) is 11.9 Å². The second-order valence-corrected chi connectivity index (χ2v) is 5.89. The highest BCUT2D eigenvalue weighted by Gasteiger charge is 2.21. The molecule has 19 heavy (non-hydrogen) atoms. The van der Waals surface area contributed by atoms with E-state index in [-0.39, 0.29) is 0 Å². The van der Waals surface area contributed by atoms with Crippen molar-refractivity contribution in [2.24, 2.45) is 5.73 Å². The Hall–Kier alpha value is -1.16. The summed E-state index contributed by atoms with van der Waals surface area (Å²) in [6.07, 6.45) is 9.65. The fourth-order valence-corrected chi connectivity index (χ4v) is 3.19. The van der Waals surface area contributed by atoms with E-state index >= 15 is 0 Å². The van der Waals surface area contributed by atoms with Gasteiger partial charge in [-0.2, -0.15) is 0 Å². The summed E-state index contributed by atoms with van der Waals surface area (Å²) in [4.78, 5) is 7.25. The molecule has 0 atom stereocenters. The quantitative estimate of drug-likeness (QED) is 0.680. The third-order valence-electron chi connectivity index (χ3n) is 4.09. The van der Waals surface area contributed by atoms with Crippen LogP contribution in [0.3, 0.4) is 0 Å². The Kier molecular flexibility index (Phi) is 4.75. The van der Waals surface area contributed by atoms with E-state index in [4.69, 9.17) is 18.0 Å². The second-order valence-electron chi connectivity index (χ2n) is 5.45. The van der Waals surface area contributed by atoms with E-state index in [0.29, 0.717) is 11.0 Å². The smallest absolute Gasteiger partial charge is 0.139 e. The fraction of sp³-hybridized carbons (Fsp3) is 0.600. The van der Waals surface area contributed by atoms with E-state index in [1.165, 1.54) is 38.5 Å². The Morgan fingerprint density at radius 3 is 2.53 bits per heavy atom. The highest BCUT2D eigenvalue weighted by Crippen LogP contribution is 2.27. The normalized spacial score (nSPS) is 16.9. The van der Waals surface area contributed by atoms with Gasteiger partial charge in [-0.3, -0.25) is 0 Å². The molecule has 1 fully saturated rings. The average molecular weight is 277 g/mol. The van der Waals surface area contributed by atoms with Gasteiger partial charge in [0.15, 0.2) is 0 Å². The molecule has 2 N–H and O–H groups in total. The van der Waals surface area contributed by atoms with Crippen molar-refractivity contribution in [1.29, 1.82) is 0 Å². The molecule has 4 heteroatoms. The van der Waals surface area contributed by atoms with E-state index in [1.807, 2.05) is 19.2 Å². The lowest BCUT2D eigenvalue weighted by atomic mass is 10.1. The summed E-state index contributed by atoms with van der Waals surface area (Å²) in [5.74, 6) is 0.944. The largest absolute Gasteiger partial charge is 0.389 e. The highest BCUT2D eigenvalue weighted by atomic mass is 32.1. The molecule has 0 radical (unpaired) electrons. The zero-order valence-corrected chi connectivity index (χ0v) is 12.7. The summed E-state index contributed by atoms with van der Waals surface area (Å²) in [5, 5.41) is 0. The van der Waals surface area contributed by atoms with Crippen LogP contribution in [-0.4, -0.2) is 23.1 Å². The van der Waals surface area contributed by atoms with Crippen LogP contribution in [0.4, 0.5) is 5.82 Å². The Bertz CT molecular complexity index is 451. The fourth-order valence-electron chi connectivity index (χ4n) is 2.93. The number of anilines is 1. The first-order valence-corrected chi connectivity index (χ1v) is 7.50. The van der Waals surface area contributed by atoms with Crippen molar-refractivity contribution >= 4 is 23.0 Å². The maximum Gasteiger partial charge on any atom is 0.139 e. The molecule has 1 aliphatic rings. The van der Waals surface area contributed by atoms with Gasteiger partial charge >= 0.3 is 0 Å². The van der Waals surface area contributed by atoms with Crippen LogP contribution < -0.4 is 10.6 Å². The molecule has 1 aliphatic carbocycles. The van der Waals surface area contributed by atoms with Crippen molar-refractivity contribution in [1.82, 2.24) is 4.98 Å². The van der Waals surface area contributed by atoms with Crippen molar-refractivity contribution in [2.45, 2.75) is 51.5 Å². The van der Waals surface area contributed by atoms with E-state index in [0.717, 1.165) is 16.9 Å². The minimum atomic E-state index is 0.445. The number of hydrogen-bond donors (Lipinski definition) is 1. The van der Waals surface area contributed by atoms with E-state index in [2.05, 4.69) is 16.9 Å². The third kappa shape index (κ3) is 3.24.